The number of nitrogens with zero attached hydrogens (tertiary/aromatic N) is 3. The maximum atomic E-state index is 13.4. The predicted molar refractivity (Wildman–Crippen MR) is 128 cm³/mol. The van der Waals surface area contributed by atoms with Crippen molar-refractivity contribution in [3.8, 4) is 0 Å². The molecule has 3 rings (SSSR count). The lowest BCUT2D eigenvalue weighted by molar-refractivity contribution is -0.385. The molecule has 2 amide bonds. The number of nitro benzene ring substituents is 1. The average Bonchev–Trinajstić information content (AvgIpc) is 3.23. The first-order valence-electron chi connectivity index (χ1n) is 11.2. The summed E-state index contributed by atoms with van der Waals surface area (Å²) in [7, 11) is 0. The van der Waals surface area contributed by atoms with E-state index in [0.29, 0.717) is 30.8 Å². The summed E-state index contributed by atoms with van der Waals surface area (Å²) < 4.78 is 5.68. The van der Waals surface area contributed by atoms with Crippen molar-refractivity contribution < 1.29 is 18.9 Å². The molecule has 0 saturated heterocycles. The number of hydrogen-bond acceptors (Lipinski definition) is 5. The molecular formula is C26H29N3O5. The summed E-state index contributed by atoms with van der Waals surface area (Å²) in [6.07, 6.45) is 0.642. The van der Waals surface area contributed by atoms with Crippen LogP contribution < -0.4 is 0 Å². The Bertz CT molecular complexity index is 1160. The standard InChI is InChI=1S/C26H29N3O5/c1-4-14-27(26(31)22-12-10-19(2)24(15-22)29(32)33)18-25(30)28(16-21-8-6-5-7-9-21)17-23-13-11-20(3)34-23/h5-13,15H,4,14,16-18H2,1-3H3. The smallest absolute Gasteiger partial charge is 0.273 e. The molecule has 1 heterocycles. The van der Waals surface area contributed by atoms with Crippen LogP contribution in [0.1, 0.15) is 46.3 Å². The van der Waals surface area contributed by atoms with Crippen LogP contribution in [0.5, 0.6) is 0 Å². The van der Waals surface area contributed by atoms with Gasteiger partial charge in [0.05, 0.1) is 11.5 Å². The molecule has 0 aliphatic rings. The molecule has 0 unspecified atom stereocenters. The van der Waals surface area contributed by atoms with Gasteiger partial charge in [-0.2, -0.15) is 0 Å². The van der Waals surface area contributed by atoms with Crippen LogP contribution in [-0.2, 0) is 17.9 Å². The van der Waals surface area contributed by atoms with Gasteiger partial charge >= 0.3 is 0 Å². The maximum absolute atomic E-state index is 13.4. The minimum absolute atomic E-state index is 0.118. The summed E-state index contributed by atoms with van der Waals surface area (Å²) in [5.74, 6) is 0.767. The monoisotopic (exact) mass is 463 g/mol. The normalized spacial score (nSPS) is 10.7. The van der Waals surface area contributed by atoms with Gasteiger partial charge in [-0.1, -0.05) is 43.3 Å². The van der Waals surface area contributed by atoms with Crippen molar-refractivity contribution in [3.05, 3.63) is 99.0 Å². The molecule has 0 radical (unpaired) electrons. The molecule has 8 heteroatoms. The SMILES string of the molecule is CCCN(CC(=O)N(Cc1ccccc1)Cc1ccc(C)o1)C(=O)c1ccc(C)c([N+](=O)[O-])c1. The Morgan fingerprint density at radius 3 is 2.32 bits per heavy atom. The van der Waals surface area contributed by atoms with Crippen LogP contribution in [0.2, 0.25) is 0 Å². The first-order valence-corrected chi connectivity index (χ1v) is 11.2. The fourth-order valence-corrected chi connectivity index (χ4v) is 3.70. The molecule has 0 fully saturated rings. The van der Waals surface area contributed by atoms with Crippen molar-refractivity contribution in [1.29, 1.82) is 0 Å². The van der Waals surface area contributed by atoms with Crippen LogP contribution in [0.4, 0.5) is 5.69 Å². The summed E-state index contributed by atoms with van der Waals surface area (Å²) >= 11 is 0. The van der Waals surface area contributed by atoms with Gasteiger partial charge in [0.2, 0.25) is 5.91 Å². The minimum Gasteiger partial charge on any atom is -0.464 e. The second-order valence-electron chi connectivity index (χ2n) is 8.23. The summed E-state index contributed by atoms with van der Waals surface area (Å²) in [5, 5.41) is 11.3. The van der Waals surface area contributed by atoms with Crippen LogP contribution in [0.25, 0.3) is 0 Å². The van der Waals surface area contributed by atoms with Crippen LogP contribution in [-0.4, -0.2) is 39.6 Å². The number of furan rings is 1. The Morgan fingerprint density at radius 2 is 1.71 bits per heavy atom. The second-order valence-corrected chi connectivity index (χ2v) is 8.23. The Morgan fingerprint density at radius 1 is 0.971 bits per heavy atom. The van der Waals surface area contributed by atoms with Crippen molar-refractivity contribution >= 4 is 17.5 Å². The molecule has 0 spiro atoms. The van der Waals surface area contributed by atoms with Crippen molar-refractivity contribution in [2.24, 2.45) is 0 Å². The number of hydrogen-bond donors (Lipinski definition) is 0. The zero-order valence-corrected chi connectivity index (χ0v) is 19.7. The highest BCUT2D eigenvalue weighted by atomic mass is 16.6. The Balaban J connectivity index is 1.83. The number of amides is 2. The second kappa shape index (κ2) is 11.3. The van der Waals surface area contributed by atoms with E-state index in [1.165, 1.54) is 11.0 Å². The number of carbonyl (C=O) groups is 2. The quantitative estimate of drug-likeness (QED) is 0.315. The van der Waals surface area contributed by atoms with Crippen molar-refractivity contribution in [3.63, 3.8) is 0 Å². The number of carbonyl (C=O) groups excluding carboxylic acids is 2. The van der Waals surface area contributed by atoms with Crippen molar-refractivity contribution in [2.45, 2.75) is 40.3 Å². The molecule has 8 nitrogen and oxygen atoms in total. The summed E-state index contributed by atoms with van der Waals surface area (Å²) in [4.78, 5) is 40.5. The van der Waals surface area contributed by atoms with Gasteiger partial charge < -0.3 is 14.2 Å². The first kappa shape index (κ1) is 24.7. The zero-order chi connectivity index (χ0) is 24.7. The summed E-state index contributed by atoms with van der Waals surface area (Å²) in [5.41, 5.74) is 1.51. The molecule has 0 saturated carbocycles. The predicted octanol–water partition coefficient (Wildman–Crippen LogP) is 4.89. The molecule has 2 aromatic carbocycles. The van der Waals surface area contributed by atoms with E-state index in [1.807, 2.05) is 56.3 Å². The van der Waals surface area contributed by atoms with Crippen LogP contribution >= 0.6 is 0 Å². The van der Waals surface area contributed by atoms with Gasteiger partial charge in [-0.3, -0.25) is 19.7 Å². The number of nitro groups is 1. The fraction of sp³-hybridized carbons (Fsp3) is 0.308. The van der Waals surface area contributed by atoms with Crippen molar-refractivity contribution in [2.75, 3.05) is 13.1 Å². The first-order chi connectivity index (χ1) is 16.3. The number of rotatable bonds is 10. The van der Waals surface area contributed by atoms with E-state index in [0.717, 1.165) is 11.3 Å². The largest absolute Gasteiger partial charge is 0.464 e. The highest BCUT2D eigenvalue weighted by Crippen LogP contribution is 2.21. The molecule has 3 aromatic rings. The molecule has 1 aromatic heterocycles. The number of aryl methyl sites for hydroxylation is 2. The van der Waals surface area contributed by atoms with E-state index in [-0.39, 0.29) is 30.2 Å². The van der Waals surface area contributed by atoms with E-state index >= 15 is 0 Å². The Labute approximate surface area is 198 Å². The third-order valence-corrected chi connectivity index (χ3v) is 5.47. The zero-order valence-electron chi connectivity index (χ0n) is 19.7. The molecular weight excluding hydrogens is 434 g/mol. The third kappa shape index (κ3) is 6.31. The summed E-state index contributed by atoms with van der Waals surface area (Å²) in [6.45, 7) is 6.23. The lowest BCUT2D eigenvalue weighted by Crippen LogP contribution is -2.42. The molecule has 0 N–H and O–H groups in total. The van der Waals surface area contributed by atoms with Gasteiger partial charge in [0.15, 0.2) is 0 Å². The fourth-order valence-electron chi connectivity index (χ4n) is 3.70. The molecule has 34 heavy (non-hydrogen) atoms. The number of benzene rings is 2. The Kier molecular flexibility index (Phi) is 8.19. The lowest BCUT2D eigenvalue weighted by Gasteiger charge is -2.27. The van der Waals surface area contributed by atoms with E-state index in [1.54, 1.807) is 24.0 Å². The lowest BCUT2D eigenvalue weighted by atomic mass is 10.1. The highest BCUT2D eigenvalue weighted by Gasteiger charge is 2.24. The topological polar surface area (TPSA) is 96.9 Å². The highest BCUT2D eigenvalue weighted by molar-refractivity contribution is 5.97. The Hall–Kier alpha value is -3.94. The van der Waals surface area contributed by atoms with Gasteiger partial charge in [0, 0.05) is 30.3 Å². The molecule has 178 valence electrons. The van der Waals surface area contributed by atoms with E-state index < -0.39 is 10.8 Å². The van der Waals surface area contributed by atoms with Gasteiger partial charge in [0.1, 0.15) is 18.1 Å². The van der Waals surface area contributed by atoms with Gasteiger partial charge in [-0.05, 0) is 44.0 Å². The summed E-state index contributed by atoms with van der Waals surface area (Å²) in [6, 6.07) is 17.7. The van der Waals surface area contributed by atoms with Crippen molar-refractivity contribution in [1.82, 2.24) is 9.80 Å². The molecule has 0 aliphatic carbocycles. The molecule has 0 bridgehead atoms. The molecule has 0 atom stereocenters. The van der Waals surface area contributed by atoms with Crippen LogP contribution in [0, 0.1) is 24.0 Å². The van der Waals surface area contributed by atoms with E-state index in [2.05, 4.69) is 0 Å². The van der Waals surface area contributed by atoms with Gasteiger partial charge in [0.25, 0.3) is 11.6 Å². The van der Waals surface area contributed by atoms with Gasteiger partial charge in [-0.15, -0.1) is 0 Å². The van der Waals surface area contributed by atoms with Gasteiger partial charge in [-0.25, -0.2) is 0 Å². The third-order valence-electron chi connectivity index (χ3n) is 5.47. The maximum Gasteiger partial charge on any atom is 0.273 e. The van der Waals surface area contributed by atoms with E-state index in [4.69, 9.17) is 4.42 Å². The average molecular weight is 464 g/mol. The van der Waals surface area contributed by atoms with Crippen LogP contribution in [0.15, 0.2) is 65.1 Å². The van der Waals surface area contributed by atoms with Crippen LogP contribution in [0.3, 0.4) is 0 Å². The van der Waals surface area contributed by atoms with E-state index in [9.17, 15) is 19.7 Å². The molecule has 0 aliphatic heterocycles. The minimum atomic E-state index is -0.506.